The summed E-state index contributed by atoms with van der Waals surface area (Å²) in [6.07, 6.45) is 2.10. The number of nitrogens with one attached hydrogen (secondary N) is 2. The number of morpholine rings is 1. The predicted molar refractivity (Wildman–Crippen MR) is 94.7 cm³/mol. The van der Waals surface area contributed by atoms with Gasteiger partial charge in [0.1, 0.15) is 10.4 Å². The van der Waals surface area contributed by atoms with E-state index in [1.165, 1.54) is 6.42 Å². The van der Waals surface area contributed by atoms with Gasteiger partial charge in [0.15, 0.2) is 0 Å². The highest BCUT2D eigenvalue weighted by atomic mass is 79.9. The molecule has 0 spiro atoms. The number of nitrogens with zero attached hydrogens (tertiary/aromatic N) is 2. The van der Waals surface area contributed by atoms with Crippen molar-refractivity contribution in [3.05, 3.63) is 22.3 Å². The molecule has 0 bridgehead atoms. The van der Waals surface area contributed by atoms with E-state index in [4.69, 9.17) is 4.74 Å². The van der Waals surface area contributed by atoms with Crippen LogP contribution in [0.25, 0.3) is 0 Å². The van der Waals surface area contributed by atoms with E-state index in [0.717, 1.165) is 49.4 Å². The maximum Gasteiger partial charge on any atom is 0.242 e. The number of anilines is 1. The summed E-state index contributed by atoms with van der Waals surface area (Å²) in [6, 6.07) is 4.36. The maximum absolute atomic E-state index is 12.6. The number of ether oxygens (including phenoxy) is 1. The van der Waals surface area contributed by atoms with Crippen molar-refractivity contribution in [2.75, 3.05) is 31.6 Å². The van der Waals surface area contributed by atoms with Crippen molar-refractivity contribution in [2.45, 2.75) is 38.4 Å². The number of aromatic nitrogens is 1. The van der Waals surface area contributed by atoms with Crippen LogP contribution in [0.4, 0.5) is 5.82 Å². The Labute approximate surface area is 150 Å². The molecule has 1 aliphatic carbocycles. The molecule has 3 fully saturated rings. The number of halogens is 1. The van der Waals surface area contributed by atoms with Crippen molar-refractivity contribution in [3.63, 3.8) is 0 Å². The average Bonchev–Trinajstić information content (AvgIpc) is 3.08. The molecule has 2 N–H and O–H groups in total. The van der Waals surface area contributed by atoms with Gasteiger partial charge < -0.3 is 15.4 Å². The van der Waals surface area contributed by atoms with E-state index in [1.807, 2.05) is 12.1 Å². The number of piperidine rings is 1. The predicted octanol–water partition coefficient (Wildman–Crippen LogP) is 1.76. The molecular formula is C17H23BrN4O2. The molecule has 1 saturated carbocycles. The van der Waals surface area contributed by atoms with Gasteiger partial charge in [0.05, 0.1) is 19.3 Å². The summed E-state index contributed by atoms with van der Waals surface area (Å²) >= 11 is 3.41. The molecule has 1 aromatic heterocycles. The molecule has 3 aliphatic rings. The molecule has 2 aliphatic heterocycles. The van der Waals surface area contributed by atoms with Gasteiger partial charge >= 0.3 is 0 Å². The molecule has 24 heavy (non-hydrogen) atoms. The Balaban J connectivity index is 1.45. The molecule has 3 atom stereocenters. The van der Waals surface area contributed by atoms with Crippen molar-refractivity contribution in [2.24, 2.45) is 5.41 Å². The Morgan fingerprint density at radius 2 is 2.25 bits per heavy atom. The third-order valence-electron chi connectivity index (χ3n) is 5.42. The van der Waals surface area contributed by atoms with E-state index in [0.29, 0.717) is 17.3 Å². The van der Waals surface area contributed by atoms with E-state index in [1.54, 1.807) is 0 Å². The molecule has 1 aromatic rings. The van der Waals surface area contributed by atoms with Crippen LogP contribution in [-0.4, -0.2) is 54.2 Å². The van der Waals surface area contributed by atoms with Gasteiger partial charge in [-0.2, -0.15) is 0 Å². The van der Waals surface area contributed by atoms with Crippen LogP contribution in [0.3, 0.4) is 0 Å². The topological polar surface area (TPSA) is 66.5 Å². The lowest BCUT2D eigenvalue weighted by Gasteiger charge is -2.27. The first kappa shape index (κ1) is 16.4. The van der Waals surface area contributed by atoms with Crippen LogP contribution in [0.15, 0.2) is 16.7 Å². The zero-order valence-corrected chi connectivity index (χ0v) is 15.4. The smallest absolute Gasteiger partial charge is 0.242 e. The summed E-state index contributed by atoms with van der Waals surface area (Å²) in [5.74, 6) is 0.686. The zero-order valence-electron chi connectivity index (χ0n) is 13.8. The average molecular weight is 395 g/mol. The highest BCUT2D eigenvalue weighted by Crippen LogP contribution is 2.53. The second-order valence-corrected chi connectivity index (χ2v) is 8.17. The number of amides is 1. The lowest BCUT2D eigenvalue weighted by Crippen LogP contribution is -2.39. The number of carbonyl (C=O) groups excluding carboxylic acids is 1. The molecule has 2 saturated heterocycles. The summed E-state index contributed by atoms with van der Waals surface area (Å²) in [7, 11) is 0. The van der Waals surface area contributed by atoms with Crippen LogP contribution in [-0.2, 0) is 16.1 Å². The van der Waals surface area contributed by atoms with Crippen molar-refractivity contribution in [1.82, 2.24) is 15.2 Å². The second kappa shape index (κ2) is 6.37. The third kappa shape index (κ3) is 3.35. The quantitative estimate of drug-likeness (QED) is 0.761. The van der Waals surface area contributed by atoms with E-state index < -0.39 is 0 Å². The van der Waals surface area contributed by atoms with E-state index in [2.05, 4.69) is 43.4 Å². The minimum Gasteiger partial charge on any atom is -0.379 e. The van der Waals surface area contributed by atoms with Crippen LogP contribution < -0.4 is 10.6 Å². The summed E-state index contributed by atoms with van der Waals surface area (Å²) < 4.78 is 6.13. The Morgan fingerprint density at radius 1 is 1.46 bits per heavy atom. The van der Waals surface area contributed by atoms with Crippen LogP contribution in [0.2, 0.25) is 0 Å². The number of hydrogen-bond acceptors (Lipinski definition) is 5. The molecule has 0 radical (unpaired) electrons. The summed E-state index contributed by atoms with van der Waals surface area (Å²) in [5, 5.41) is 6.47. The molecule has 0 aromatic carbocycles. The lowest BCUT2D eigenvalue weighted by atomic mass is 10.0. The van der Waals surface area contributed by atoms with Crippen LogP contribution in [0.1, 0.15) is 25.3 Å². The molecule has 7 heteroatoms. The first-order valence-electron chi connectivity index (χ1n) is 8.56. The first-order chi connectivity index (χ1) is 11.5. The third-order valence-corrected chi connectivity index (χ3v) is 5.87. The summed E-state index contributed by atoms with van der Waals surface area (Å²) in [4.78, 5) is 19.4. The largest absolute Gasteiger partial charge is 0.379 e. The number of fused-ring (bicyclic) bond motifs is 1. The number of rotatable bonds is 4. The van der Waals surface area contributed by atoms with Crippen LogP contribution in [0.5, 0.6) is 0 Å². The Hall–Kier alpha value is -1.02. The zero-order chi connectivity index (χ0) is 16.7. The molecule has 1 amide bonds. The fourth-order valence-electron chi connectivity index (χ4n) is 3.73. The standard InChI is InChI=1S/C17H23BrN4O2/c1-17-8-12(19-13(17)9-17)16(23)21-15-11(2-3-14(18)20-15)10-22-4-6-24-7-5-22/h2-3,12-13,19H,4-10H2,1H3,(H,20,21,23). The molecule has 3 heterocycles. The minimum atomic E-state index is -0.106. The van der Waals surface area contributed by atoms with Gasteiger partial charge in [-0.05, 0) is 40.3 Å². The van der Waals surface area contributed by atoms with Crippen LogP contribution in [0, 0.1) is 5.41 Å². The van der Waals surface area contributed by atoms with Crippen molar-refractivity contribution >= 4 is 27.7 Å². The van der Waals surface area contributed by atoms with Gasteiger partial charge in [-0.3, -0.25) is 9.69 Å². The van der Waals surface area contributed by atoms with Crippen molar-refractivity contribution < 1.29 is 9.53 Å². The molecular weight excluding hydrogens is 372 g/mol. The second-order valence-electron chi connectivity index (χ2n) is 7.35. The number of hydrogen-bond donors (Lipinski definition) is 2. The van der Waals surface area contributed by atoms with Gasteiger partial charge in [-0.15, -0.1) is 0 Å². The lowest BCUT2D eigenvalue weighted by molar-refractivity contribution is -0.118. The fourth-order valence-corrected chi connectivity index (χ4v) is 4.04. The number of pyridine rings is 1. The summed E-state index contributed by atoms with van der Waals surface area (Å²) in [6.45, 7) is 6.37. The van der Waals surface area contributed by atoms with Crippen molar-refractivity contribution in [1.29, 1.82) is 0 Å². The Kier molecular flexibility index (Phi) is 4.36. The SMILES string of the molecule is CC12CC(C(=O)Nc3nc(Br)ccc3CN3CCOCC3)NC1C2. The van der Waals surface area contributed by atoms with Crippen LogP contribution >= 0.6 is 15.9 Å². The maximum atomic E-state index is 12.6. The summed E-state index contributed by atoms with van der Waals surface area (Å²) in [5.41, 5.74) is 1.37. The van der Waals surface area contributed by atoms with Gasteiger partial charge in [0.25, 0.3) is 0 Å². The van der Waals surface area contributed by atoms with Gasteiger partial charge in [-0.1, -0.05) is 13.0 Å². The van der Waals surface area contributed by atoms with E-state index in [9.17, 15) is 4.79 Å². The van der Waals surface area contributed by atoms with E-state index in [-0.39, 0.29) is 11.9 Å². The highest BCUT2D eigenvalue weighted by Gasteiger charge is 2.58. The van der Waals surface area contributed by atoms with Gasteiger partial charge in [0.2, 0.25) is 5.91 Å². The normalized spacial score (nSPS) is 32.4. The fraction of sp³-hybridized carbons (Fsp3) is 0.647. The minimum absolute atomic E-state index is 0.0252. The Bertz CT molecular complexity index is 649. The Morgan fingerprint density at radius 3 is 2.96 bits per heavy atom. The van der Waals surface area contributed by atoms with E-state index >= 15 is 0 Å². The molecule has 130 valence electrons. The van der Waals surface area contributed by atoms with Crippen molar-refractivity contribution in [3.8, 4) is 0 Å². The number of carbonyl (C=O) groups is 1. The monoisotopic (exact) mass is 394 g/mol. The first-order valence-corrected chi connectivity index (χ1v) is 9.35. The van der Waals surface area contributed by atoms with Gasteiger partial charge in [-0.25, -0.2) is 4.98 Å². The highest BCUT2D eigenvalue weighted by molar-refractivity contribution is 9.10. The molecule has 4 rings (SSSR count). The molecule has 3 unspecified atom stereocenters. The van der Waals surface area contributed by atoms with Gasteiger partial charge in [0, 0.05) is 31.2 Å². The molecule has 6 nitrogen and oxygen atoms in total.